The summed E-state index contributed by atoms with van der Waals surface area (Å²) in [5, 5.41) is 16.2. The average Bonchev–Trinajstić information content (AvgIpc) is 2.99. The molecule has 0 bridgehead atoms. The number of rotatable bonds is 6. The van der Waals surface area contributed by atoms with Gasteiger partial charge in [0.05, 0.1) is 12.1 Å². The number of aliphatic hydroxyl groups is 1. The number of anilines is 1. The van der Waals surface area contributed by atoms with Crippen LogP contribution in [0.15, 0.2) is 10.6 Å². The van der Waals surface area contributed by atoms with E-state index >= 15 is 0 Å². The summed E-state index contributed by atoms with van der Waals surface area (Å²) in [6.07, 6.45) is 3.25. The van der Waals surface area contributed by atoms with E-state index in [2.05, 4.69) is 22.3 Å². The predicted octanol–water partition coefficient (Wildman–Crippen LogP) is 1.55. The lowest BCUT2D eigenvalue weighted by atomic mass is 10.1. The molecule has 0 radical (unpaired) electrons. The van der Waals surface area contributed by atoms with Gasteiger partial charge in [0, 0.05) is 19.2 Å². The number of carbonyl (C=O) groups excluding carboxylic acids is 1. The zero-order valence-electron chi connectivity index (χ0n) is 12.1. The Labute approximate surface area is 119 Å². The zero-order valence-corrected chi connectivity index (χ0v) is 12.1. The second-order valence-electron chi connectivity index (χ2n) is 5.41. The largest absolute Gasteiger partial charge is 0.392 e. The van der Waals surface area contributed by atoms with Gasteiger partial charge in [-0.1, -0.05) is 24.9 Å². The van der Waals surface area contributed by atoms with Crippen molar-refractivity contribution >= 4 is 11.7 Å². The van der Waals surface area contributed by atoms with E-state index in [4.69, 9.17) is 4.52 Å². The molecule has 1 aromatic heterocycles. The van der Waals surface area contributed by atoms with Crippen molar-refractivity contribution in [2.75, 3.05) is 18.4 Å². The molecule has 1 aliphatic heterocycles. The number of aromatic nitrogens is 1. The topological polar surface area (TPSA) is 78.6 Å². The Hall–Kier alpha value is -1.40. The lowest BCUT2D eigenvalue weighted by Gasteiger charge is -2.26. The number of carbonyl (C=O) groups is 1. The smallest absolute Gasteiger partial charge is 0.242 e. The molecule has 1 saturated heterocycles. The van der Waals surface area contributed by atoms with Crippen LogP contribution in [0.1, 0.15) is 38.4 Å². The molecule has 6 heteroatoms. The highest BCUT2D eigenvalue weighted by atomic mass is 16.5. The van der Waals surface area contributed by atoms with E-state index in [1.807, 2.05) is 0 Å². The van der Waals surface area contributed by atoms with E-state index in [0.29, 0.717) is 18.1 Å². The summed E-state index contributed by atoms with van der Waals surface area (Å²) in [7, 11) is 0. The van der Waals surface area contributed by atoms with Crippen molar-refractivity contribution in [2.24, 2.45) is 0 Å². The zero-order chi connectivity index (χ0) is 14.5. The molecule has 6 nitrogen and oxygen atoms in total. The first-order valence-electron chi connectivity index (χ1n) is 7.26. The second-order valence-corrected chi connectivity index (χ2v) is 5.41. The number of hydrogen-bond donors (Lipinski definition) is 2. The number of aryl methyl sites for hydroxylation is 1. The lowest BCUT2D eigenvalue weighted by molar-refractivity contribution is -0.121. The van der Waals surface area contributed by atoms with Gasteiger partial charge < -0.3 is 14.9 Å². The Bertz CT molecular complexity index is 447. The molecule has 1 aromatic rings. The van der Waals surface area contributed by atoms with E-state index < -0.39 is 0 Å². The first-order chi connectivity index (χ1) is 9.60. The normalized spacial score (nSPS) is 21.1. The van der Waals surface area contributed by atoms with Gasteiger partial charge in [-0.25, -0.2) is 0 Å². The number of β-amino-alcohol motifs (C(OH)–C–C–N with tert-alkyl or cyclic N) is 1. The molecule has 1 unspecified atom stereocenters. The summed E-state index contributed by atoms with van der Waals surface area (Å²) in [6.45, 7) is 5.23. The standard InChI is InChI=1S/C14H23N3O3/c1-3-4-5-12(17-7-6-11(18)9-17)14(19)15-13-8-10(2)20-16-13/h8,11-12,18H,3-7,9H2,1-2H3,(H,15,16,19)/t11-,12?/m0/s1. The molecule has 1 fully saturated rings. The minimum Gasteiger partial charge on any atom is -0.392 e. The minimum absolute atomic E-state index is 0.0687. The van der Waals surface area contributed by atoms with E-state index in [-0.39, 0.29) is 18.1 Å². The van der Waals surface area contributed by atoms with E-state index in [9.17, 15) is 9.90 Å². The SMILES string of the molecule is CCCCC(C(=O)Nc1cc(C)on1)N1CC[C@H](O)C1. The van der Waals surface area contributed by atoms with Crippen LogP contribution < -0.4 is 5.32 Å². The Morgan fingerprint density at radius 2 is 2.50 bits per heavy atom. The van der Waals surface area contributed by atoms with Crippen molar-refractivity contribution in [2.45, 2.75) is 51.7 Å². The maximum atomic E-state index is 12.4. The molecule has 2 N–H and O–H groups in total. The fourth-order valence-electron chi connectivity index (χ4n) is 2.56. The summed E-state index contributed by atoms with van der Waals surface area (Å²) in [5.74, 6) is 1.05. The van der Waals surface area contributed by atoms with Crippen LogP contribution in [0.25, 0.3) is 0 Å². The van der Waals surface area contributed by atoms with Gasteiger partial charge in [-0.3, -0.25) is 9.69 Å². The number of aliphatic hydroxyl groups excluding tert-OH is 1. The van der Waals surface area contributed by atoms with Crippen molar-refractivity contribution in [3.8, 4) is 0 Å². The molecular formula is C14H23N3O3. The van der Waals surface area contributed by atoms with Crippen LogP contribution in [0.4, 0.5) is 5.82 Å². The van der Waals surface area contributed by atoms with Gasteiger partial charge in [-0.15, -0.1) is 0 Å². The lowest BCUT2D eigenvalue weighted by Crippen LogP contribution is -2.43. The quantitative estimate of drug-likeness (QED) is 0.827. The first-order valence-corrected chi connectivity index (χ1v) is 7.26. The third-order valence-electron chi connectivity index (χ3n) is 3.65. The third-order valence-corrected chi connectivity index (χ3v) is 3.65. The van der Waals surface area contributed by atoms with Gasteiger partial charge in [0.15, 0.2) is 5.82 Å². The Morgan fingerprint density at radius 1 is 1.70 bits per heavy atom. The molecule has 0 spiro atoms. The summed E-state index contributed by atoms with van der Waals surface area (Å²) in [5.41, 5.74) is 0. The van der Waals surface area contributed by atoms with Crippen molar-refractivity contribution in [1.29, 1.82) is 0 Å². The van der Waals surface area contributed by atoms with Crippen LogP contribution in [0.3, 0.4) is 0 Å². The summed E-state index contributed by atoms with van der Waals surface area (Å²) < 4.78 is 4.95. The van der Waals surface area contributed by atoms with E-state index in [1.54, 1.807) is 13.0 Å². The molecule has 112 valence electrons. The maximum absolute atomic E-state index is 12.4. The highest BCUT2D eigenvalue weighted by Crippen LogP contribution is 2.18. The Morgan fingerprint density at radius 3 is 3.05 bits per heavy atom. The van der Waals surface area contributed by atoms with Crippen LogP contribution in [0, 0.1) is 6.92 Å². The number of nitrogens with one attached hydrogen (secondary N) is 1. The molecule has 2 atom stereocenters. The van der Waals surface area contributed by atoms with Crippen LogP contribution in [0.2, 0.25) is 0 Å². The minimum atomic E-state index is -0.318. The molecular weight excluding hydrogens is 258 g/mol. The molecule has 2 heterocycles. The molecule has 20 heavy (non-hydrogen) atoms. The molecule has 0 aliphatic carbocycles. The predicted molar refractivity (Wildman–Crippen MR) is 75.4 cm³/mol. The number of hydrogen-bond acceptors (Lipinski definition) is 5. The van der Waals surface area contributed by atoms with Gasteiger partial charge in [-0.05, 0) is 19.8 Å². The average molecular weight is 281 g/mol. The fraction of sp³-hybridized carbons (Fsp3) is 0.714. The number of amides is 1. The van der Waals surface area contributed by atoms with Gasteiger partial charge in [-0.2, -0.15) is 0 Å². The van der Waals surface area contributed by atoms with E-state index in [0.717, 1.165) is 32.2 Å². The second kappa shape index (κ2) is 6.85. The van der Waals surface area contributed by atoms with Crippen molar-refractivity contribution in [1.82, 2.24) is 10.1 Å². The number of likely N-dealkylation sites (tertiary alicyclic amines) is 1. The van der Waals surface area contributed by atoms with Gasteiger partial charge >= 0.3 is 0 Å². The van der Waals surface area contributed by atoms with Crippen molar-refractivity contribution in [3.05, 3.63) is 11.8 Å². The summed E-state index contributed by atoms with van der Waals surface area (Å²) in [6, 6.07) is 1.50. The third kappa shape index (κ3) is 3.80. The molecule has 2 rings (SSSR count). The van der Waals surface area contributed by atoms with Gasteiger partial charge in [0.2, 0.25) is 5.91 Å². The molecule has 0 aromatic carbocycles. The van der Waals surface area contributed by atoms with Crippen LogP contribution in [-0.2, 0) is 4.79 Å². The monoisotopic (exact) mass is 281 g/mol. The summed E-state index contributed by atoms with van der Waals surface area (Å²) >= 11 is 0. The highest BCUT2D eigenvalue weighted by Gasteiger charge is 2.31. The molecule has 0 saturated carbocycles. The highest BCUT2D eigenvalue weighted by molar-refractivity contribution is 5.94. The number of nitrogens with zero attached hydrogens (tertiary/aromatic N) is 2. The van der Waals surface area contributed by atoms with Crippen molar-refractivity contribution in [3.63, 3.8) is 0 Å². The van der Waals surface area contributed by atoms with Crippen LogP contribution in [0.5, 0.6) is 0 Å². The van der Waals surface area contributed by atoms with E-state index in [1.165, 1.54) is 0 Å². The Balaban J connectivity index is 1.99. The number of unbranched alkanes of at least 4 members (excludes halogenated alkanes) is 1. The first kappa shape index (κ1) is 15.0. The molecule has 1 amide bonds. The van der Waals surface area contributed by atoms with Crippen molar-refractivity contribution < 1.29 is 14.4 Å². The summed E-state index contributed by atoms with van der Waals surface area (Å²) in [4.78, 5) is 14.5. The maximum Gasteiger partial charge on any atom is 0.242 e. The van der Waals surface area contributed by atoms with Gasteiger partial charge in [0.25, 0.3) is 0 Å². The van der Waals surface area contributed by atoms with Crippen LogP contribution >= 0.6 is 0 Å². The van der Waals surface area contributed by atoms with Crippen LogP contribution in [-0.4, -0.2) is 46.3 Å². The molecule has 1 aliphatic rings. The van der Waals surface area contributed by atoms with Gasteiger partial charge in [0.1, 0.15) is 5.76 Å². The fourth-order valence-corrected chi connectivity index (χ4v) is 2.56. The Kier molecular flexibility index (Phi) is 5.14.